The van der Waals surface area contributed by atoms with E-state index in [2.05, 4.69) is 11.1 Å². The molecule has 3 nitrogen and oxygen atoms in total. The molecule has 4 heteroatoms. The van der Waals surface area contributed by atoms with Gasteiger partial charge in [0.25, 0.3) is 0 Å². The average molecular weight is 248 g/mol. The van der Waals surface area contributed by atoms with E-state index in [-0.39, 0.29) is 5.54 Å². The number of benzene rings is 1. The Labute approximate surface area is 105 Å². The molecule has 1 aromatic heterocycles. The third-order valence-electron chi connectivity index (χ3n) is 3.55. The van der Waals surface area contributed by atoms with Gasteiger partial charge in [0.2, 0.25) is 0 Å². The number of imidazole rings is 1. The average Bonchev–Trinajstić information content (AvgIpc) is 2.79. The molecule has 1 saturated carbocycles. The van der Waals surface area contributed by atoms with Crippen LogP contribution in [0.5, 0.6) is 0 Å². The summed E-state index contributed by atoms with van der Waals surface area (Å²) in [6, 6.07) is 6.06. The first-order chi connectivity index (χ1) is 8.19. The maximum absolute atomic E-state index is 6.30. The first kappa shape index (κ1) is 10.8. The van der Waals surface area contributed by atoms with E-state index in [1.54, 1.807) is 12.5 Å². The van der Waals surface area contributed by atoms with E-state index in [1.807, 2.05) is 22.9 Å². The van der Waals surface area contributed by atoms with Crippen molar-refractivity contribution < 1.29 is 0 Å². The second-order valence-electron chi connectivity index (χ2n) is 4.65. The molecule has 2 N–H and O–H groups in total. The Morgan fingerprint density at radius 1 is 1.35 bits per heavy atom. The minimum absolute atomic E-state index is 0.156. The number of aromatic nitrogens is 2. The van der Waals surface area contributed by atoms with Gasteiger partial charge in [0.15, 0.2) is 0 Å². The Morgan fingerprint density at radius 2 is 2.18 bits per heavy atom. The summed E-state index contributed by atoms with van der Waals surface area (Å²) in [6.07, 6.45) is 8.66. The van der Waals surface area contributed by atoms with E-state index >= 15 is 0 Å². The quantitative estimate of drug-likeness (QED) is 0.887. The zero-order valence-corrected chi connectivity index (χ0v) is 10.2. The number of nitrogens with two attached hydrogens (primary N) is 1. The predicted molar refractivity (Wildman–Crippen MR) is 68.3 cm³/mol. The molecule has 1 fully saturated rings. The van der Waals surface area contributed by atoms with Crippen LogP contribution in [-0.2, 0) is 5.54 Å². The first-order valence-electron chi connectivity index (χ1n) is 5.76. The van der Waals surface area contributed by atoms with E-state index in [0.717, 1.165) is 29.1 Å². The van der Waals surface area contributed by atoms with Gasteiger partial charge in [-0.3, -0.25) is 0 Å². The lowest BCUT2D eigenvalue weighted by atomic mass is 9.73. The largest absolute Gasteiger partial charge is 0.321 e. The molecule has 3 rings (SSSR count). The highest BCUT2D eigenvalue weighted by Gasteiger charge is 2.34. The molecule has 0 aliphatic heterocycles. The maximum atomic E-state index is 6.30. The van der Waals surface area contributed by atoms with Gasteiger partial charge >= 0.3 is 0 Å². The molecule has 0 unspecified atom stereocenters. The van der Waals surface area contributed by atoms with Gasteiger partial charge in [-0.05, 0) is 37.0 Å². The van der Waals surface area contributed by atoms with Crippen LogP contribution in [0.2, 0.25) is 5.02 Å². The lowest BCUT2D eigenvalue weighted by molar-refractivity contribution is 0.253. The zero-order chi connectivity index (χ0) is 11.9. The Morgan fingerprint density at radius 3 is 2.71 bits per heavy atom. The normalized spacial score (nSPS) is 17.8. The highest BCUT2D eigenvalue weighted by atomic mass is 35.5. The van der Waals surface area contributed by atoms with Crippen molar-refractivity contribution in [2.24, 2.45) is 5.73 Å². The fourth-order valence-corrected chi connectivity index (χ4v) is 2.55. The van der Waals surface area contributed by atoms with Crippen LogP contribution in [0.25, 0.3) is 5.69 Å². The lowest BCUT2D eigenvalue weighted by Crippen LogP contribution is -2.43. The predicted octanol–water partition coefficient (Wildman–Crippen LogP) is 2.86. The molecule has 2 aromatic rings. The summed E-state index contributed by atoms with van der Waals surface area (Å²) < 4.78 is 1.90. The molecule has 1 aliphatic carbocycles. The summed E-state index contributed by atoms with van der Waals surface area (Å²) in [6.45, 7) is 0. The van der Waals surface area contributed by atoms with Gasteiger partial charge in [0.05, 0.1) is 17.0 Å². The standard InChI is InChI=1S/C13H14ClN3/c14-11-8-10(13(15)4-1-5-13)2-3-12(11)17-7-6-16-9-17/h2-3,6-9H,1,4-5,15H2. The van der Waals surface area contributed by atoms with Gasteiger partial charge in [-0.1, -0.05) is 17.7 Å². The van der Waals surface area contributed by atoms with Gasteiger partial charge < -0.3 is 10.3 Å². The molecule has 0 amide bonds. The number of halogens is 1. The van der Waals surface area contributed by atoms with Gasteiger partial charge in [-0.2, -0.15) is 0 Å². The molecule has 0 spiro atoms. The van der Waals surface area contributed by atoms with Crippen LogP contribution in [-0.4, -0.2) is 9.55 Å². The van der Waals surface area contributed by atoms with Crippen molar-refractivity contribution >= 4 is 11.6 Å². The third-order valence-corrected chi connectivity index (χ3v) is 3.85. The van der Waals surface area contributed by atoms with Crippen molar-refractivity contribution in [1.29, 1.82) is 0 Å². The number of nitrogens with zero attached hydrogens (tertiary/aromatic N) is 2. The first-order valence-corrected chi connectivity index (χ1v) is 6.14. The number of hydrogen-bond acceptors (Lipinski definition) is 2. The Balaban J connectivity index is 2.00. The van der Waals surface area contributed by atoms with Crippen LogP contribution in [0.4, 0.5) is 0 Å². The van der Waals surface area contributed by atoms with Crippen LogP contribution >= 0.6 is 11.6 Å². The van der Waals surface area contributed by atoms with Gasteiger partial charge in [-0.25, -0.2) is 4.98 Å². The summed E-state index contributed by atoms with van der Waals surface area (Å²) in [4.78, 5) is 4.02. The number of hydrogen-bond donors (Lipinski definition) is 1. The molecule has 0 bridgehead atoms. The van der Waals surface area contributed by atoms with Crippen LogP contribution in [0.1, 0.15) is 24.8 Å². The second-order valence-corrected chi connectivity index (χ2v) is 5.05. The van der Waals surface area contributed by atoms with Crippen LogP contribution in [0.3, 0.4) is 0 Å². The van der Waals surface area contributed by atoms with Crippen molar-refractivity contribution in [2.45, 2.75) is 24.8 Å². The molecule has 17 heavy (non-hydrogen) atoms. The highest BCUT2D eigenvalue weighted by molar-refractivity contribution is 6.32. The van der Waals surface area contributed by atoms with E-state index in [9.17, 15) is 0 Å². The van der Waals surface area contributed by atoms with Crippen molar-refractivity contribution in [1.82, 2.24) is 9.55 Å². The summed E-state index contributed by atoms with van der Waals surface area (Å²) in [5.74, 6) is 0. The Kier molecular flexibility index (Phi) is 2.45. The van der Waals surface area contributed by atoms with Crippen molar-refractivity contribution in [2.75, 3.05) is 0 Å². The topological polar surface area (TPSA) is 43.8 Å². The van der Waals surface area contributed by atoms with E-state index in [0.29, 0.717) is 0 Å². The second kappa shape index (κ2) is 3.86. The third kappa shape index (κ3) is 1.75. The minimum atomic E-state index is -0.156. The minimum Gasteiger partial charge on any atom is -0.321 e. The molecule has 1 heterocycles. The molecule has 0 radical (unpaired) electrons. The van der Waals surface area contributed by atoms with Crippen molar-refractivity contribution in [3.63, 3.8) is 0 Å². The molecule has 0 atom stereocenters. The molecular formula is C13H14ClN3. The van der Waals surface area contributed by atoms with Crippen molar-refractivity contribution in [3.05, 3.63) is 47.5 Å². The molecule has 1 aromatic carbocycles. The summed E-state index contributed by atoms with van der Waals surface area (Å²) >= 11 is 6.30. The summed E-state index contributed by atoms with van der Waals surface area (Å²) in [5.41, 5.74) is 8.21. The zero-order valence-electron chi connectivity index (χ0n) is 9.44. The number of rotatable bonds is 2. The monoisotopic (exact) mass is 247 g/mol. The fraction of sp³-hybridized carbons (Fsp3) is 0.308. The van der Waals surface area contributed by atoms with E-state index in [1.165, 1.54) is 6.42 Å². The maximum Gasteiger partial charge on any atom is 0.0992 e. The van der Waals surface area contributed by atoms with Crippen LogP contribution in [0, 0.1) is 0 Å². The molecule has 88 valence electrons. The van der Waals surface area contributed by atoms with Gasteiger partial charge in [0.1, 0.15) is 0 Å². The van der Waals surface area contributed by atoms with E-state index < -0.39 is 0 Å². The van der Waals surface area contributed by atoms with Crippen molar-refractivity contribution in [3.8, 4) is 5.69 Å². The molecule has 0 saturated heterocycles. The smallest absolute Gasteiger partial charge is 0.0992 e. The van der Waals surface area contributed by atoms with Gasteiger partial charge in [-0.15, -0.1) is 0 Å². The highest BCUT2D eigenvalue weighted by Crippen LogP contribution is 2.40. The van der Waals surface area contributed by atoms with Gasteiger partial charge in [0, 0.05) is 17.9 Å². The van der Waals surface area contributed by atoms with E-state index in [4.69, 9.17) is 17.3 Å². The van der Waals surface area contributed by atoms with Crippen LogP contribution in [0.15, 0.2) is 36.9 Å². The SMILES string of the molecule is NC1(c2ccc(-n3ccnc3)c(Cl)c2)CCC1. The summed E-state index contributed by atoms with van der Waals surface area (Å²) in [5, 5.41) is 0.720. The lowest BCUT2D eigenvalue weighted by Gasteiger charge is -2.38. The Hall–Kier alpha value is -1.32. The molecule has 1 aliphatic rings. The Bertz CT molecular complexity index is 530. The summed E-state index contributed by atoms with van der Waals surface area (Å²) in [7, 11) is 0. The fourth-order valence-electron chi connectivity index (χ4n) is 2.27. The molecular weight excluding hydrogens is 234 g/mol. The van der Waals surface area contributed by atoms with Crippen LogP contribution < -0.4 is 5.73 Å².